The van der Waals surface area contributed by atoms with Gasteiger partial charge in [-0.1, -0.05) is 47.0 Å². The van der Waals surface area contributed by atoms with E-state index in [0.717, 1.165) is 12.2 Å². The molecule has 0 spiro atoms. The summed E-state index contributed by atoms with van der Waals surface area (Å²) in [5, 5.41) is 0. The Kier molecular flexibility index (Phi) is 4.41. The van der Waals surface area contributed by atoms with Crippen LogP contribution in [0.25, 0.3) is 0 Å². The molecule has 1 amide bonds. The summed E-state index contributed by atoms with van der Waals surface area (Å²) in [6, 6.07) is 8.69. The van der Waals surface area contributed by atoms with Gasteiger partial charge in [0.15, 0.2) is 0 Å². The number of carbonyl (C=O) groups excluding carboxylic acids is 1. The predicted molar refractivity (Wildman–Crippen MR) is 87.6 cm³/mol. The first-order valence-electron chi connectivity index (χ1n) is 7.31. The number of alkyl halides is 1. The second-order valence-corrected chi connectivity index (χ2v) is 7.96. The summed E-state index contributed by atoms with van der Waals surface area (Å²) in [5.74, 6) is 1.23. The number of hydrogen-bond donors (Lipinski definition) is 0. The van der Waals surface area contributed by atoms with Gasteiger partial charge in [0.05, 0.1) is 5.92 Å². The number of rotatable bonds is 2. The fraction of sp³-hybridized carbons (Fsp3) is 0.562. The Labute approximate surface area is 133 Å². The summed E-state index contributed by atoms with van der Waals surface area (Å²) < 4.78 is 0. The molecule has 0 saturated heterocycles. The Morgan fingerprint density at radius 2 is 2.05 bits per heavy atom. The van der Waals surface area contributed by atoms with Gasteiger partial charge in [0, 0.05) is 28.6 Å². The smallest absolute Gasteiger partial charge is 0.231 e. The zero-order chi connectivity index (χ0) is 14.1. The number of hydrogen-bond acceptors (Lipinski definition) is 2. The molecule has 0 aromatic heterocycles. The molecule has 1 aromatic rings. The SMILES string of the molecule is CN(C(=O)C1CSc2ccccc21)C1CCCCC1Br. The molecule has 1 aromatic carbocycles. The summed E-state index contributed by atoms with van der Waals surface area (Å²) in [6.45, 7) is 0. The van der Waals surface area contributed by atoms with Crippen molar-refractivity contribution in [1.29, 1.82) is 0 Å². The van der Waals surface area contributed by atoms with Gasteiger partial charge in [0.25, 0.3) is 0 Å². The highest BCUT2D eigenvalue weighted by molar-refractivity contribution is 9.09. The third-order valence-corrected chi connectivity index (χ3v) is 6.74. The summed E-state index contributed by atoms with van der Waals surface area (Å²) in [4.78, 5) is 16.6. The lowest BCUT2D eigenvalue weighted by Crippen LogP contribution is -2.46. The highest BCUT2D eigenvalue weighted by Gasteiger charge is 2.35. The first kappa shape index (κ1) is 14.5. The van der Waals surface area contributed by atoms with Crippen LogP contribution in [0.15, 0.2) is 29.2 Å². The zero-order valence-electron chi connectivity index (χ0n) is 11.7. The molecule has 1 aliphatic heterocycles. The quantitative estimate of drug-likeness (QED) is 0.747. The van der Waals surface area contributed by atoms with Gasteiger partial charge >= 0.3 is 0 Å². The van der Waals surface area contributed by atoms with Gasteiger partial charge in [-0.15, -0.1) is 11.8 Å². The number of likely N-dealkylation sites (N-methyl/N-ethyl adjacent to an activating group) is 1. The van der Waals surface area contributed by atoms with Crippen LogP contribution in [0.3, 0.4) is 0 Å². The molecule has 1 saturated carbocycles. The van der Waals surface area contributed by atoms with Gasteiger partial charge in [-0.2, -0.15) is 0 Å². The van der Waals surface area contributed by atoms with Crippen molar-refractivity contribution in [3.05, 3.63) is 29.8 Å². The molecule has 20 heavy (non-hydrogen) atoms. The lowest BCUT2D eigenvalue weighted by molar-refractivity contribution is -0.133. The van der Waals surface area contributed by atoms with Crippen LogP contribution in [0.1, 0.15) is 37.2 Å². The molecule has 3 atom stereocenters. The molecule has 0 radical (unpaired) electrons. The summed E-state index contributed by atoms with van der Waals surface area (Å²) in [7, 11) is 1.98. The van der Waals surface area contributed by atoms with Crippen molar-refractivity contribution in [2.45, 2.75) is 47.4 Å². The Hall–Kier alpha value is -0.480. The van der Waals surface area contributed by atoms with Crippen LogP contribution in [0.4, 0.5) is 0 Å². The molecule has 1 heterocycles. The normalized spacial score (nSPS) is 29.0. The first-order valence-corrected chi connectivity index (χ1v) is 9.21. The second-order valence-electron chi connectivity index (χ2n) is 5.72. The van der Waals surface area contributed by atoms with Gasteiger partial charge in [0.2, 0.25) is 5.91 Å². The molecule has 0 bridgehead atoms. The monoisotopic (exact) mass is 353 g/mol. The van der Waals surface area contributed by atoms with Gasteiger partial charge in [-0.3, -0.25) is 4.79 Å². The average molecular weight is 354 g/mol. The molecule has 3 rings (SSSR count). The molecule has 0 N–H and O–H groups in total. The van der Waals surface area contributed by atoms with E-state index in [4.69, 9.17) is 0 Å². The van der Waals surface area contributed by atoms with Gasteiger partial charge in [0.1, 0.15) is 0 Å². The fourth-order valence-corrected chi connectivity index (χ4v) is 5.44. The molecule has 2 aliphatic rings. The summed E-state index contributed by atoms with van der Waals surface area (Å²) in [5.41, 5.74) is 1.22. The van der Waals surface area contributed by atoms with Crippen LogP contribution in [0.5, 0.6) is 0 Å². The third-order valence-electron chi connectivity index (χ3n) is 4.49. The van der Waals surface area contributed by atoms with Crippen molar-refractivity contribution < 1.29 is 4.79 Å². The first-order chi connectivity index (χ1) is 9.68. The number of fused-ring (bicyclic) bond motifs is 1. The van der Waals surface area contributed by atoms with E-state index in [1.54, 1.807) is 0 Å². The summed E-state index contributed by atoms with van der Waals surface area (Å²) >= 11 is 5.57. The van der Waals surface area contributed by atoms with Crippen molar-refractivity contribution in [3.63, 3.8) is 0 Å². The van der Waals surface area contributed by atoms with E-state index < -0.39 is 0 Å². The van der Waals surface area contributed by atoms with Crippen LogP contribution in [0.2, 0.25) is 0 Å². The van der Waals surface area contributed by atoms with Crippen LogP contribution in [0, 0.1) is 0 Å². The summed E-state index contributed by atoms with van der Waals surface area (Å²) in [6.07, 6.45) is 4.81. The molecule has 2 nitrogen and oxygen atoms in total. The number of nitrogens with zero attached hydrogens (tertiary/aromatic N) is 1. The molecule has 1 aliphatic carbocycles. The Morgan fingerprint density at radius 1 is 1.30 bits per heavy atom. The Balaban J connectivity index is 1.76. The van der Waals surface area contributed by atoms with Crippen molar-refractivity contribution >= 4 is 33.6 Å². The highest BCUT2D eigenvalue weighted by atomic mass is 79.9. The topological polar surface area (TPSA) is 20.3 Å². The minimum absolute atomic E-state index is 0.0443. The fourth-order valence-electron chi connectivity index (χ4n) is 3.28. The molecular weight excluding hydrogens is 334 g/mol. The standard InChI is InChI=1S/C16H20BrNOS/c1-18(14-8-4-3-7-13(14)17)16(19)12-10-20-15-9-5-2-6-11(12)15/h2,5-6,9,12-14H,3-4,7-8,10H2,1H3. The maximum atomic E-state index is 12.8. The van der Waals surface area contributed by atoms with E-state index >= 15 is 0 Å². The molecule has 1 fully saturated rings. The highest BCUT2D eigenvalue weighted by Crippen LogP contribution is 2.41. The Bertz CT molecular complexity index is 507. The largest absolute Gasteiger partial charge is 0.341 e. The van der Waals surface area contributed by atoms with E-state index in [2.05, 4.69) is 34.1 Å². The molecular formula is C16H20BrNOS. The van der Waals surface area contributed by atoms with E-state index in [1.807, 2.05) is 29.8 Å². The second kappa shape index (κ2) is 6.10. The Morgan fingerprint density at radius 3 is 2.85 bits per heavy atom. The van der Waals surface area contributed by atoms with Gasteiger partial charge in [-0.25, -0.2) is 0 Å². The minimum Gasteiger partial charge on any atom is -0.341 e. The molecule has 4 heteroatoms. The number of carbonyl (C=O) groups is 1. The maximum absolute atomic E-state index is 12.8. The van der Waals surface area contributed by atoms with Crippen molar-refractivity contribution in [2.75, 3.05) is 12.8 Å². The molecule has 3 unspecified atom stereocenters. The number of benzene rings is 1. The zero-order valence-corrected chi connectivity index (χ0v) is 14.1. The van der Waals surface area contributed by atoms with Crippen LogP contribution < -0.4 is 0 Å². The lowest BCUT2D eigenvalue weighted by Gasteiger charge is -2.36. The van der Waals surface area contributed by atoms with Gasteiger partial charge < -0.3 is 4.90 Å². The maximum Gasteiger partial charge on any atom is 0.231 e. The van der Waals surface area contributed by atoms with Crippen molar-refractivity contribution in [1.82, 2.24) is 4.90 Å². The predicted octanol–water partition coefficient (Wildman–Crippen LogP) is 4.04. The average Bonchev–Trinajstić information content (AvgIpc) is 2.90. The van der Waals surface area contributed by atoms with Crippen LogP contribution >= 0.6 is 27.7 Å². The number of amides is 1. The van der Waals surface area contributed by atoms with Crippen molar-refractivity contribution in [2.24, 2.45) is 0 Å². The van der Waals surface area contributed by atoms with Gasteiger partial charge in [-0.05, 0) is 24.5 Å². The number of thioether (sulfide) groups is 1. The van der Waals surface area contributed by atoms with Crippen LogP contribution in [-0.4, -0.2) is 34.5 Å². The van der Waals surface area contributed by atoms with Crippen LogP contribution in [-0.2, 0) is 4.79 Å². The number of halogens is 1. The minimum atomic E-state index is 0.0443. The van der Waals surface area contributed by atoms with E-state index in [-0.39, 0.29) is 5.92 Å². The van der Waals surface area contributed by atoms with E-state index in [1.165, 1.54) is 29.7 Å². The molecule has 108 valence electrons. The van der Waals surface area contributed by atoms with E-state index in [9.17, 15) is 4.79 Å². The van der Waals surface area contributed by atoms with E-state index in [0.29, 0.717) is 16.8 Å². The van der Waals surface area contributed by atoms with Crippen molar-refractivity contribution in [3.8, 4) is 0 Å². The lowest BCUT2D eigenvalue weighted by atomic mass is 9.92. The third kappa shape index (κ3) is 2.64.